The van der Waals surface area contributed by atoms with E-state index in [1.165, 1.54) is 11.1 Å². The molecule has 33 heavy (non-hydrogen) atoms. The number of benzene rings is 2. The Hall–Kier alpha value is -2.59. The maximum Gasteiger partial charge on any atom is 0.201 e. The number of hydrogen-bond donors (Lipinski definition) is 3. The highest BCUT2D eigenvalue weighted by Gasteiger charge is 2.33. The van der Waals surface area contributed by atoms with Gasteiger partial charge in [0.15, 0.2) is 0 Å². The summed E-state index contributed by atoms with van der Waals surface area (Å²) >= 11 is 0. The minimum Gasteiger partial charge on any atom is -0.390 e. The minimum absolute atomic E-state index is 0.172. The molecule has 5 rings (SSSR count). The molecule has 0 unspecified atom stereocenters. The Morgan fingerprint density at radius 3 is 2.73 bits per heavy atom. The average molecular weight is 468 g/mol. The first-order valence-corrected chi connectivity index (χ1v) is 12.6. The molecule has 2 aliphatic rings. The lowest BCUT2D eigenvalue weighted by molar-refractivity contribution is 0.137. The van der Waals surface area contributed by atoms with Crippen LogP contribution in [0, 0.1) is 0 Å². The molecule has 8 nitrogen and oxygen atoms in total. The van der Waals surface area contributed by atoms with Gasteiger partial charge in [0.1, 0.15) is 6.04 Å². The van der Waals surface area contributed by atoms with Gasteiger partial charge in [-0.15, -0.1) is 5.10 Å². The van der Waals surface area contributed by atoms with Crippen molar-refractivity contribution in [2.45, 2.75) is 50.4 Å². The van der Waals surface area contributed by atoms with Crippen molar-refractivity contribution in [2.75, 3.05) is 13.1 Å². The highest BCUT2D eigenvalue weighted by Crippen LogP contribution is 2.34. The van der Waals surface area contributed by atoms with Crippen LogP contribution in [0.3, 0.4) is 0 Å². The third-order valence-corrected chi connectivity index (χ3v) is 7.23. The quantitative estimate of drug-likeness (QED) is 0.458. The first-order valence-electron chi connectivity index (χ1n) is 11.4. The summed E-state index contributed by atoms with van der Waals surface area (Å²) in [5, 5.41) is 19.3. The molecular weight excluding hydrogens is 438 g/mol. The fourth-order valence-corrected chi connectivity index (χ4v) is 5.47. The molecule has 1 saturated heterocycles. The van der Waals surface area contributed by atoms with Crippen LogP contribution in [0.1, 0.15) is 52.7 Å². The van der Waals surface area contributed by atoms with Crippen molar-refractivity contribution < 1.29 is 13.5 Å². The van der Waals surface area contributed by atoms with E-state index in [-0.39, 0.29) is 6.04 Å². The zero-order valence-electron chi connectivity index (χ0n) is 18.4. The van der Waals surface area contributed by atoms with Crippen LogP contribution >= 0.6 is 0 Å². The molecular formula is C24H29N5O3S. The highest BCUT2D eigenvalue weighted by atomic mass is 32.2. The van der Waals surface area contributed by atoms with Gasteiger partial charge < -0.3 is 5.11 Å². The second-order valence-corrected chi connectivity index (χ2v) is 9.82. The molecule has 1 fully saturated rings. The van der Waals surface area contributed by atoms with Gasteiger partial charge >= 0.3 is 0 Å². The molecule has 0 radical (unpaired) electrons. The number of aliphatic hydroxyl groups is 1. The summed E-state index contributed by atoms with van der Waals surface area (Å²) in [5.41, 5.74) is 5.48. The van der Waals surface area contributed by atoms with Crippen LogP contribution in [0.2, 0.25) is 0 Å². The number of fused-ring (bicyclic) bond motifs is 1. The number of hydrogen-bond acceptors (Lipinski definition) is 6. The van der Waals surface area contributed by atoms with Crippen LogP contribution in [0.25, 0.3) is 0 Å². The predicted octanol–water partition coefficient (Wildman–Crippen LogP) is 1.78. The molecule has 2 N–H and O–H groups in total. The Morgan fingerprint density at radius 1 is 1.09 bits per heavy atom. The Labute approximate surface area is 195 Å². The molecule has 1 aliphatic heterocycles. The van der Waals surface area contributed by atoms with E-state index >= 15 is 0 Å². The van der Waals surface area contributed by atoms with Gasteiger partial charge in [-0.25, -0.2) is 17.8 Å². The van der Waals surface area contributed by atoms with E-state index in [4.69, 9.17) is 0 Å². The normalized spacial score (nSPS) is 21.5. The standard InChI is InChI=1S/C24H29N5O3S/c30-23-13-20-5-1-2-7-22(20)24(23)29-16-21(26-27-29)15-28-10-8-18(9-11-28)19-6-3-4-17(12-19)14-25-33(31)32/h1-7,12,16,18,23-24,30,33H,8-11,13-15H2,(H,25,31,32)/t23-,24-/m1/s1. The predicted molar refractivity (Wildman–Crippen MR) is 125 cm³/mol. The van der Waals surface area contributed by atoms with Crippen LogP contribution in [0.4, 0.5) is 0 Å². The monoisotopic (exact) mass is 467 g/mol. The largest absolute Gasteiger partial charge is 0.390 e. The number of piperidine rings is 1. The smallest absolute Gasteiger partial charge is 0.201 e. The third-order valence-electron chi connectivity index (χ3n) is 6.82. The van der Waals surface area contributed by atoms with Crippen LogP contribution in [0.15, 0.2) is 54.7 Å². The van der Waals surface area contributed by atoms with Crippen molar-refractivity contribution in [2.24, 2.45) is 0 Å². The summed E-state index contributed by atoms with van der Waals surface area (Å²) in [5.74, 6) is 0.475. The lowest BCUT2D eigenvalue weighted by Gasteiger charge is -2.31. The van der Waals surface area contributed by atoms with Crippen LogP contribution in [-0.2, 0) is 30.4 Å². The first-order chi connectivity index (χ1) is 16.1. The maximum absolute atomic E-state index is 10.8. The Kier molecular flexibility index (Phi) is 6.55. The van der Waals surface area contributed by atoms with Crippen LogP contribution in [0.5, 0.6) is 0 Å². The molecule has 2 heterocycles. The van der Waals surface area contributed by atoms with Gasteiger partial charge in [-0.1, -0.05) is 53.7 Å². The van der Waals surface area contributed by atoms with Crippen molar-refractivity contribution in [1.29, 1.82) is 0 Å². The molecule has 174 valence electrons. The lowest BCUT2D eigenvalue weighted by atomic mass is 9.88. The molecule has 1 aliphatic carbocycles. The summed E-state index contributed by atoms with van der Waals surface area (Å²) in [6.07, 6.45) is 4.24. The van der Waals surface area contributed by atoms with Crippen LogP contribution < -0.4 is 4.72 Å². The fraction of sp³-hybridized carbons (Fsp3) is 0.417. The molecule has 2 atom stereocenters. The number of likely N-dealkylation sites (tertiary alicyclic amines) is 1. The number of aromatic nitrogens is 3. The molecule has 0 saturated carbocycles. The molecule has 9 heteroatoms. The molecule has 0 bridgehead atoms. The van der Waals surface area contributed by atoms with Gasteiger partial charge in [-0.2, -0.15) is 0 Å². The molecule has 2 aromatic carbocycles. The summed E-state index contributed by atoms with van der Waals surface area (Å²) in [6, 6.07) is 16.2. The van der Waals surface area contributed by atoms with E-state index in [2.05, 4.69) is 44.2 Å². The molecule has 0 amide bonds. The van der Waals surface area contributed by atoms with Gasteiger partial charge in [-0.3, -0.25) is 4.90 Å². The van der Waals surface area contributed by atoms with E-state index in [9.17, 15) is 13.5 Å². The van der Waals surface area contributed by atoms with Gasteiger partial charge in [0, 0.05) is 19.5 Å². The third kappa shape index (κ3) is 5.01. The Balaban J connectivity index is 1.18. The highest BCUT2D eigenvalue weighted by molar-refractivity contribution is 7.70. The van der Waals surface area contributed by atoms with E-state index in [0.29, 0.717) is 18.9 Å². The Morgan fingerprint density at radius 2 is 1.91 bits per heavy atom. The van der Waals surface area contributed by atoms with Gasteiger partial charge in [0.25, 0.3) is 0 Å². The molecule has 0 spiro atoms. The molecule has 3 aromatic rings. The van der Waals surface area contributed by atoms with Crippen molar-refractivity contribution in [3.63, 3.8) is 0 Å². The number of nitrogens with one attached hydrogen (secondary N) is 1. The van der Waals surface area contributed by atoms with Crippen molar-refractivity contribution >= 4 is 10.9 Å². The second-order valence-electron chi connectivity index (χ2n) is 8.99. The number of aliphatic hydroxyl groups excluding tert-OH is 1. The number of thiol groups is 1. The van der Waals surface area contributed by atoms with Crippen molar-refractivity contribution in [1.82, 2.24) is 24.6 Å². The lowest BCUT2D eigenvalue weighted by Crippen LogP contribution is -2.32. The van der Waals surface area contributed by atoms with Crippen molar-refractivity contribution in [3.05, 3.63) is 82.7 Å². The summed E-state index contributed by atoms with van der Waals surface area (Å²) in [6.45, 7) is 3.03. The second kappa shape index (κ2) is 9.72. The van der Waals surface area contributed by atoms with E-state index < -0.39 is 17.0 Å². The van der Waals surface area contributed by atoms with E-state index in [1.54, 1.807) is 0 Å². The topological polar surface area (TPSA) is 100 Å². The van der Waals surface area contributed by atoms with Crippen molar-refractivity contribution in [3.8, 4) is 0 Å². The zero-order chi connectivity index (χ0) is 22.8. The van der Waals surface area contributed by atoms with E-state index in [1.807, 2.05) is 35.1 Å². The van der Waals surface area contributed by atoms with Gasteiger partial charge in [-0.05, 0) is 54.1 Å². The van der Waals surface area contributed by atoms with Gasteiger partial charge in [0.2, 0.25) is 10.9 Å². The van der Waals surface area contributed by atoms with Gasteiger partial charge in [0.05, 0.1) is 18.0 Å². The zero-order valence-corrected chi connectivity index (χ0v) is 19.3. The maximum atomic E-state index is 10.8. The SMILES string of the molecule is O=[SH](=O)NCc1cccc(C2CCN(Cc3cn([C@@H]4c5ccccc5C[C@H]4O)nn3)CC2)c1. The summed E-state index contributed by atoms with van der Waals surface area (Å²) < 4.78 is 25.9. The summed E-state index contributed by atoms with van der Waals surface area (Å²) in [4.78, 5) is 2.40. The Bertz CT molecular complexity index is 1180. The minimum atomic E-state index is -2.58. The number of nitrogens with zero attached hydrogens (tertiary/aromatic N) is 4. The number of rotatable bonds is 7. The average Bonchev–Trinajstić information content (AvgIpc) is 3.41. The fourth-order valence-electron chi connectivity index (χ4n) is 5.16. The molecule has 1 aromatic heterocycles. The summed E-state index contributed by atoms with van der Waals surface area (Å²) in [7, 11) is -2.58. The van der Waals surface area contributed by atoms with Crippen LogP contribution in [-0.4, -0.2) is 52.6 Å². The first kappa shape index (κ1) is 22.2. The van der Waals surface area contributed by atoms with E-state index in [0.717, 1.165) is 49.3 Å².